The molecule has 1 nitrogen and oxygen atoms in total. The molecule has 0 aliphatic carbocycles. The molecule has 84 valence electrons. The van der Waals surface area contributed by atoms with Crippen molar-refractivity contribution in [3.05, 3.63) is 35.4 Å². The Hall–Kier alpha value is -0.340. The third-order valence-electron chi connectivity index (χ3n) is 2.35. The van der Waals surface area contributed by atoms with Crippen molar-refractivity contribution in [3.8, 4) is 0 Å². The second kappa shape index (κ2) is 7.02. The topological polar surface area (TPSA) is 12.0 Å². The van der Waals surface area contributed by atoms with Crippen LogP contribution in [-0.4, -0.2) is 12.0 Å². The normalized spacial score (nSPS) is 10.9. The monoisotopic (exact) mass is 269 g/mol. The van der Waals surface area contributed by atoms with E-state index in [2.05, 4.69) is 59.4 Å². The zero-order valence-electron chi connectivity index (χ0n) is 9.59. The van der Waals surface area contributed by atoms with Crippen molar-refractivity contribution in [2.75, 3.05) is 12.0 Å². The highest BCUT2D eigenvalue weighted by Gasteiger charge is 1.98. The molecule has 0 aliphatic rings. The minimum atomic E-state index is 0.742. The fourth-order valence-electron chi connectivity index (χ4n) is 1.61. The first kappa shape index (κ1) is 12.7. The lowest BCUT2D eigenvalue weighted by molar-refractivity contribution is 0.647. The number of benzene rings is 1. The summed E-state index contributed by atoms with van der Waals surface area (Å²) in [5, 5.41) is 3.26. The standard InChI is InChI=1S/C13H20BrN/c1-11(2)9-13-5-3-12(4-6-13)7-8-15-10-14/h3-6,11,15H,7-10H2,1-2H3. The van der Waals surface area contributed by atoms with Gasteiger partial charge in [-0.05, 0) is 36.4 Å². The molecule has 15 heavy (non-hydrogen) atoms. The van der Waals surface area contributed by atoms with E-state index in [1.54, 1.807) is 0 Å². The van der Waals surface area contributed by atoms with Gasteiger partial charge in [-0.2, -0.15) is 0 Å². The smallest absolute Gasteiger partial charge is 0.0517 e. The van der Waals surface area contributed by atoms with E-state index in [0.717, 1.165) is 24.3 Å². The van der Waals surface area contributed by atoms with E-state index in [4.69, 9.17) is 0 Å². The Morgan fingerprint density at radius 2 is 1.73 bits per heavy atom. The van der Waals surface area contributed by atoms with Crippen molar-refractivity contribution >= 4 is 15.9 Å². The van der Waals surface area contributed by atoms with Crippen LogP contribution in [0.15, 0.2) is 24.3 Å². The SMILES string of the molecule is CC(C)Cc1ccc(CCNCBr)cc1. The Morgan fingerprint density at radius 3 is 2.27 bits per heavy atom. The van der Waals surface area contributed by atoms with E-state index in [1.807, 2.05) is 0 Å². The Balaban J connectivity index is 2.42. The molecule has 2 heteroatoms. The molecule has 0 bridgehead atoms. The number of halogens is 1. The molecular weight excluding hydrogens is 250 g/mol. The summed E-state index contributed by atoms with van der Waals surface area (Å²) in [6, 6.07) is 8.99. The van der Waals surface area contributed by atoms with Crippen molar-refractivity contribution < 1.29 is 0 Å². The maximum Gasteiger partial charge on any atom is 0.0517 e. The number of alkyl halides is 1. The largest absolute Gasteiger partial charge is 0.307 e. The van der Waals surface area contributed by atoms with E-state index in [-0.39, 0.29) is 0 Å². The first-order valence-electron chi connectivity index (χ1n) is 5.57. The summed E-state index contributed by atoms with van der Waals surface area (Å²) < 4.78 is 0. The average molecular weight is 270 g/mol. The fraction of sp³-hybridized carbons (Fsp3) is 0.538. The van der Waals surface area contributed by atoms with Gasteiger partial charge in [-0.15, -0.1) is 0 Å². The van der Waals surface area contributed by atoms with Crippen LogP contribution in [0.4, 0.5) is 0 Å². The molecule has 1 aromatic rings. The van der Waals surface area contributed by atoms with E-state index in [9.17, 15) is 0 Å². The lowest BCUT2D eigenvalue weighted by Crippen LogP contribution is -2.14. The predicted octanol–water partition coefficient (Wildman–Crippen LogP) is 3.37. The van der Waals surface area contributed by atoms with E-state index < -0.39 is 0 Å². The highest BCUT2D eigenvalue weighted by Crippen LogP contribution is 2.09. The van der Waals surface area contributed by atoms with Gasteiger partial charge in [0.25, 0.3) is 0 Å². The lowest BCUT2D eigenvalue weighted by Gasteiger charge is -2.06. The van der Waals surface area contributed by atoms with Crippen LogP contribution in [0.5, 0.6) is 0 Å². The second-order valence-electron chi connectivity index (χ2n) is 4.30. The predicted molar refractivity (Wildman–Crippen MR) is 70.5 cm³/mol. The van der Waals surface area contributed by atoms with Crippen molar-refractivity contribution in [2.24, 2.45) is 5.92 Å². The van der Waals surface area contributed by atoms with Gasteiger partial charge in [0.15, 0.2) is 0 Å². The molecule has 0 aromatic heterocycles. The van der Waals surface area contributed by atoms with Crippen LogP contribution in [0.1, 0.15) is 25.0 Å². The number of hydrogen-bond donors (Lipinski definition) is 1. The molecule has 1 rings (SSSR count). The Kier molecular flexibility index (Phi) is 5.96. The Labute approximate surface area is 101 Å². The van der Waals surface area contributed by atoms with Crippen LogP contribution < -0.4 is 5.32 Å². The van der Waals surface area contributed by atoms with Gasteiger partial charge in [0.2, 0.25) is 0 Å². The van der Waals surface area contributed by atoms with E-state index in [1.165, 1.54) is 17.5 Å². The molecule has 0 radical (unpaired) electrons. The van der Waals surface area contributed by atoms with Gasteiger partial charge in [-0.3, -0.25) is 0 Å². The molecule has 0 heterocycles. The van der Waals surface area contributed by atoms with Crippen LogP contribution in [0, 0.1) is 5.92 Å². The van der Waals surface area contributed by atoms with Gasteiger partial charge >= 0.3 is 0 Å². The molecule has 0 atom stereocenters. The van der Waals surface area contributed by atoms with Gasteiger partial charge in [0.1, 0.15) is 0 Å². The zero-order valence-corrected chi connectivity index (χ0v) is 11.2. The highest BCUT2D eigenvalue weighted by atomic mass is 79.9. The van der Waals surface area contributed by atoms with Crippen LogP contribution in [0.3, 0.4) is 0 Å². The summed E-state index contributed by atoms with van der Waals surface area (Å²) >= 11 is 3.35. The van der Waals surface area contributed by atoms with E-state index in [0.29, 0.717) is 0 Å². The van der Waals surface area contributed by atoms with Gasteiger partial charge < -0.3 is 5.32 Å². The number of rotatable bonds is 6. The summed E-state index contributed by atoms with van der Waals surface area (Å²) in [5.41, 5.74) is 3.73. The summed E-state index contributed by atoms with van der Waals surface area (Å²) in [6.45, 7) is 5.55. The van der Waals surface area contributed by atoms with Gasteiger partial charge in [0.05, 0.1) is 5.45 Å². The summed E-state index contributed by atoms with van der Waals surface area (Å²) in [4.78, 5) is 0. The van der Waals surface area contributed by atoms with Gasteiger partial charge in [0, 0.05) is 0 Å². The highest BCUT2D eigenvalue weighted by molar-refractivity contribution is 9.09. The van der Waals surface area contributed by atoms with Crippen LogP contribution in [-0.2, 0) is 12.8 Å². The molecule has 0 amide bonds. The molecule has 0 fully saturated rings. The third kappa shape index (κ3) is 5.33. The minimum Gasteiger partial charge on any atom is -0.307 e. The van der Waals surface area contributed by atoms with Crippen molar-refractivity contribution in [1.29, 1.82) is 0 Å². The zero-order chi connectivity index (χ0) is 11.1. The average Bonchev–Trinajstić information content (AvgIpc) is 2.20. The maximum atomic E-state index is 3.35. The number of nitrogens with one attached hydrogen (secondary N) is 1. The fourth-order valence-corrected chi connectivity index (χ4v) is 1.89. The van der Waals surface area contributed by atoms with Crippen molar-refractivity contribution in [2.45, 2.75) is 26.7 Å². The molecule has 1 N–H and O–H groups in total. The van der Waals surface area contributed by atoms with Gasteiger partial charge in [-0.25, -0.2) is 0 Å². The third-order valence-corrected chi connectivity index (χ3v) is 2.75. The summed E-state index contributed by atoms with van der Waals surface area (Å²) in [7, 11) is 0. The first-order valence-corrected chi connectivity index (χ1v) is 6.69. The molecule has 0 saturated carbocycles. The van der Waals surface area contributed by atoms with Gasteiger partial charge in [-0.1, -0.05) is 54.0 Å². The number of hydrogen-bond acceptors (Lipinski definition) is 1. The van der Waals surface area contributed by atoms with Crippen molar-refractivity contribution in [3.63, 3.8) is 0 Å². The molecule has 0 unspecified atom stereocenters. The molecule has 1 aromatic carbocycles. The van der Waals surface area contributed by atoms with Crippen molar-refractivity contribution in [1.82, 2.24) is 5.32 Å². The van der Waals surface area contributed by atoms with Crippen LogP contribution in [0.2, 0.25) is 0 Å². The molecule has 0 spiro atoms. The maximum absolute atomic E-state index is 3.35. The second-order valence-corrected chi connectivity index (χ2v) is 4.86. The molecule has 0 aliphatic heterocycles. The summed E-state index contributed by atoms with van der Waals surface area (Å²) in [5.74, 6) is 0.742. The minimum absolute atomic E-state index is 0.742. The quantitative estimate of drug-likeness (QED) is 0.475. The summed E-state index contributed by atoms with van der Waals surface area (Å²) in [6.07, 6.45) is 2.29. The Morgan fingerprint density at radius 1 is 1.13 bits per heavy atom. The lowest BCUT2D eigenvalue weighted by atomic mass is 10.0. The van der Waals surface area contributed by atoms with E-state index >= 15 is 0 Å². The Bertz CT molecular complexity index is 266. The molecular formula is C13H20BrN. The van der Waals surface area contributed by atoms with Crippen LogP contribution in [0.25, 0.3) is 0 Å². The molecule has 0 saturated heterocycles. The first-order chi connectivity index (χ1) is 7.22. The van der Waals surface area contributed by atoms with Crippen LogP contribution >= 0.6 is 15.9 Å².